The van der Waals surface area contributed by atoms with Gasteiger partial charge in [-0.15, -0.1) is 0 Å². The predicted octanol–water partition coefficient (Wildman–Crippen LogP) is 1.77. The van der Waals surface area contributed by atoms with Crippen molar-refractivity contribution in [3.8, 4) is 5.75 Å². The zero-order valence-corrected chi connectivity index (χ0v) is 15.7. The normalized spacial score (nSPS) is 11.2. The molecule has 1 amide bonds. The van der Waals surface area contributed by atoms with Crippen LogP contribution < -0.4 is 20.5 Å². The Morgan fingerprint density at radius 3 is 2.46 bits per heavy atom. The molecule has 0 radical (unpaired) electrons. The second-order valence-electron chi connectivity index (χ2n) is 5.51. The number of hydrogen-bond donors (Lipinski definition) is 3. The first-order chi connectivity index (χ1) is 12.3. The number of sulfonamides is 1. The van der Waals surface area contributed by atoms with Crippen LogP contribution in [0.5, 0.6) is 5.75 Å². The van der Waals surface area contributed by atoms with Gasteiger partial charge in [-0.1, -0.05) is 23.7 Å². The maximum atomic E-state index is 11.9. The summed E-state index contributed by atoms with van der Waals surface area (Å²) >= 11 is 6.01. The predicted molar refractivity (Wildman–Crippen MR) is 101 cm³/mol. The largest absolute Gasteiger partial charge is 0.495 e. The number of rotatable bonds is 8. The summed E-state index contributed by atoms with van der Waals surface area (Å²) in [6.45, 7) is 0.699. The van der Waals surface area contributed by atoms with Crippen LogP contribution in [0.15, 0.2) is 47.4 Å². The van der Waals surface area contributed by atoms with Gasteiger partial charge in [-0.05, 0) is 48.9 Å². The molecule has 0 fully saturated rings. The fraction of sp³-hybridized carbons (Fsp3) is 0.235. The van der Waals surface area contributed by atoms with Crippen molar-refractivity contribution in [2.75, 3.05) is 25.5 Å². The number of carbonyl (C=O) groups excluding carboxylic acids is 1. The Morgan fingerprint density at radius 2 is 1.88 bits per heavy atom. The summed E-state index contributed by atoms with van der Waals surface area (Å²) < 4.78 is 27.4. The number of anilines is 1. The van der Waals surface area contributed by atoms with Crippen LogP contribution in [0.3, 0.4) is 0 Å². The molecule has 0 unspecified atom stereocenters. The SMILES string of the molecule is COc1ccc(NC(=O)CNCCc2ccc(S(N)(=O)=O)cc2)cc1Cl. The summed E-state index contributed by atoms with van der Waals surface area (Å²) in [5.41, 5.74) is 1.52. The summed E-state index contributed by atoms with van der Waals surface area (Å²) in [7, 11) is -2.16. The topological polar surface area (TPSA) is 111 Å². The summed E-state index contributed by atoms with van der Waals surface area (Å²) in [6.07, 6.45) is 0.645. The zero-order valence-electron chi connectivity index (χ0n) is 14.2. The molecule has 0 spiro atoms. The van der Waals surface area contributed by atoms with E-state index < -0.39 is 10.0 Å². The van der Waals surface area contributed by atoms with Crippen LogP contribution in [-0.4, -0.2) is 34.5 Å². The van der Waals surface area contributed by atoms with Crippen molar-refractivity contribution in [3.05, 3.63) is 53.1 Å². The van der Waals surface area contributed by atoms with Gasteiger partial charge in [-0.3, -0.25) is 4.79 Å². The molecule has 2 aromatic rings. The van der Waals surface area contributed by atoms with E-state index in [9.17, 15) is 13.2 Å². The first-order valence-electron chi connectivity index (χ1n) is 7.75. The minimum atomic E-state index is -3.68. The van der Waals surface area contributed by atoms with E-state index in [1.807, 2.05) is 0 Å². The van der Waals surface area contributed by atoms with Crippen molar-refractivity contribution in [1.29, 1.82) is 0 Å². The Morgan fingerprint density at radius 1 is 1.19 bits per heavy atom. The van der Waals surface area contributed by atoms with Crippen LogP contribution in [0, 0.1) is 0 Å². The molecule has 0 saturated heterocycles. The first kappa shape index (κ1) is 20.2. The third-order valence-electron chi connectivity index (χ3n) is 3.56. The smallest absolute Gasteiger partial charge is 0.238 e. The fourth-order valence-corrected chi connectivity index (χ4v) is 3.00. The highest BCUT2D eigenvalue weighted by molar-refractivity contribution is 7.89. The van der Waals surface area contributed by atoms with E-state index >= 15 is 0 Å². The number of ether oxygens (including phenoxy) is 1. The van der Waals surface area contributed by atoms with Gasteiger partial charge >= 0.3 is 0 Å². The van der Waals surface area contributed by atoms with Gasteiger partial charge in [0.2, 0.25) is 15.9 Å². The standard InChI is InChI=1S/C17H20ClN3O4S/c1-25-16-7-4-13(10-15(16)18)21-17(22)11-20-9-8-12-2-5-14(6-3-12)26(19,23)24/h2-7,10,20H,8-9,11H2,1H3,(H,21,22)(H2,19,23,24). The molecular formula is C17H20ClN3O4S. The molecule has 26 heavy (non-hydrogen) atoms. The Balaban J connectivity index is 1.75. The van der Waals surface area contributed by atoms with Crippen molar-refractivity contribution >= 4 is 33.2 Å². The highest BCUT2D eigenvalue weighted by Crippen LogP contribution is 2.27. The van der Waals surface area contributed by atoms with Crippen molar-refractivity contribution in [3.63, 3.8) is 0 Å². The van der Waals surface area contributed by atoms with Crippen LogP contribution in [0.4, 0.5) is 5.69 Å². The van der Waals surface area contributed by atoms with Gasteiger partial charge in [0, 0.05) is 5.69 Å². The van der Waals surface area contributed by atoms with Crippen molar-refractivity contribution in [2.45, 2.75) is 11.3 Å². The quantitative estimate of drug-likeness (QED) is 0.588. The van der Waals surface area contributed by atoms with E-state index in [2.05, 4.69) is 10.6 Å². The van der Waals surface area contributed by atoms with Gasteiger partial charge < -0.3 is 15.4 Å². The molecule has 0 aliphatic carbocycles. The molecule has 0 heterocycles. The lowest BCUT2D eigenvalue weighted by molar-refractivity contribution is -0.115. The van der Waals surface area contributed by atoms with E-state index in [4.69, 9.17) is 21.5 Å². The van der Waals surface area contributed by atoms with Crippen LogP contribution >= 0.6 is 11.6 Å². The van der Waals surface area contributed by atoms with Gasteiger partial charge in [0.25, 0.3) is 0 Å². The molecular weight excluding hydrogens is 378 g/mol. The van der Waals surface area contributed by atoms with Gasteiger partial charge in [-0.25, -0.2) is 13.6 Å². The molecule has 0 aliphatic rings. The molecule has 2 rings (SSSR count). The third-order valence-corrected chi connectivity index (χ3v) is 4.79. The number of nitrogens with two attached hydrogens (primary N) is 1. The molecule has 140 valence electrons. The van der Waals surface area contributed by atoms with Crippen LogP contribution in [0.25, 0.3) is 0 Å². The molecule has 0 aliphatic heterocycles. The minimum absolute atomic E-state index is 0.0757. The zero-order chi connectivity index (χ0) is 19.2. The third kappa shape index (κ3) is 5.99. The summed E-state index contributed by atoms with van der Waals surface area (Å²) in [4.78, 5) is 12.0. The summed E-state index contributed by atoms with van der Waals surface area (Å²) in [5, 5.41) is 11.2. The molecule has 0 bridgehead atoms. The molecule has 7 nitrogen and oxygen atoms in total. The number of nitrogens with one attached hydrogen (secondary N) is 2. The average Bonchev–Trinajstić information content (AvgIpc) is 2.58. The Kier molecular flexibility index (Phi) is 6.98. The number of benzene rings is 2. The van der Waals surface area contributed by atoms with Gasteiger partial charge in [0.15, 0.2) is 0 Å². The van der Waals surface area contributed by atoms with E-state index in [0.717, 1.165) is 5.56 Å². The molecule has 0 saturated carbocycles. The van der Waals surface area contributed by atoms with Crippen molar-refractivity contribution in [1.82, 2.24) is 5.32 Å². The number of halogens is 1. The summed E-state index contributed by atoms with van der Waals surface area (Å²) in [5.74, 6) is 0.340. The average molecular weight is 398 g/mol. The van der Waals surface area contributed by atoms with E-state index in [1.165, 1.54) is 19.2 Å². The molecule has 0 atom stereocenters. The number of hydrogen-bond acceptors (Lipinski definition) is 5. The highest BCUT2D eigenvalue weighted by Gasteiger charge is 2.07. The fourth-order valence-electron chi connectivity index (χ4n) is 2.23. The second kappa shape index (κ2) is 9.00. The lowest BCUT2D eigenvalue weighted by Gasteiger charge is -2.09. The van der Waals surface area contributed by atoms with Gasteiger partial charge in [0.05, 0.1) is 23.6 Å². The maximum absolute atomic E-state index is 11.9. The molecule has 4 N–H and O–H groups in total. The number of carbonyl (C=O) groups is 1. The van der Waals surface area contributed by atoms with Crippen LogP contribution in [0.1, 0.15) is 5.56 Å². The maximum Gasteiger partial charge on any atom is 0.238 e. The molecule has 9 heteroatoms. The Hall–Kier alpha value is -2.13. The van der Waals surface area contributed by atoms with E-state index in [-0.39, 0.29) is 17.3 Å². The Bertz CT molecular complexity index is 870. The van der Waals surface area contributed by atoms with Crippen LogP contribution in [-0.2, 0) is 21.2 Å². The summed E-state index contributed by atoms with van der Waals surface area (Å²) in [6, 6.07) is 11.3. The minimum Gasteiger partial charge on any atom is -0.495 e. The van der Waals surface area contributed by atoms with E-state index in [1.54, 1.807) is 30.3 Å². The number of primary sulfonamides is 1. The van der Waals surface area contributed by atoms with Gasteiger partial charge in [0.1, 0.15) is 5.75 Å². The first-order valence-corrected chi connectivity index (χ1v) is 9.68. The van der Waals surface area contributed by atoms with E-state index in [0.29, 0.717) is 29.4 Å². The number of methoxy groups -OCH3 is 1. The van der Waals surface area contributed by atoms with Crippen LogP contribution in [0.2, 0.25) is 5.02 Å². The van der Waals surface area contributed by atoms with Crippen molar-refractivity contribution in [2.24, 2.45) is 5.14 Å². The highest BCUT2D eigenvalue weighted by atomic mass is 35.5. The Labute approximate surface area is 157 Å². The number of amides is 1. The lowest BCUT2D eigenvalue weighted by Crippen LogP contribution is -2.29. The molecule has 2 aromatic carbocycles. The second-order valence-corrected chi connectivity index (χ2v) is 7.48. The van der Waals surface area contributed by atoms with Crippen molar-refractivity contribution < 1.29 is 17.9 Å². The lowest BCUT2D eigenvalue weighted by atomic mass is 10.1. The van der Waals surface area contributed by atoms with Gasteiger partial charge in [-0.2, -0.15) is 0 Å². The molecule has 0 aromatic heterocycles. The monoisotopic (exact) mass is 397 g/mol.